The van der Waals surface area contributed by atoms with Crippen LogP contribution in [0.2, 0.25) is 0 Å². The third-order valence-electron chi connectivity index (χ3n) is 2.83. The molecule has 0 amide bonds. The topological polar surface area (TPSA) is 15.3 Å². The Kier molecular flexibility index (Phi) is 4.93. The molecule has 0 saturated heterocycles. The van der Waals surface area contributed by atoms with Gasteiger partial charge in [-0.1, -0.05) is 30.3 Å². The minimum Gasteiger partial charge on any atom is -0.316 e. The highest BCUT2D eigenvalue weighted by atomic mass is 32.1. The van der Waals surface area contributed by atoms with E-state index in [-0.39, 0.29) is 0 Å². The van der Waals surface area contributed by atoms with Crippen LogP contribution in [0.15, 0.2) is 41.8 Å². The van der Waals surface area contributed by atoms with E-state index in [1.807, 2.05) is 18.4 Å². The maximum atomic E-state index is 3.19. The van der Waals surface area contributed by atoms with Gasteiger partial charge in [-0.25, -0.2) is 0 Å². The van der Waals surface area contributed by atoms with E-state index < -0.39 is 0 Å². The molecule has 0 aliphatic heterocycles. The van der Waals surface area contributed by atoms with Gasteiger partial charge in [-0.3, -0.25) is 4.90 Å². The molecule has 0 aliphatic carbocycles. The molecule has 3 heteroatoms. The van der Waals surface area contributed by atoms with Crippen LogP contribution in [0, 0.1) is 0 Å². The molecule has 0 saturated carbocycles. The van der Waals surface area contributed by atoms with Crippen LogP contribution in [-0.4, -0.2) is 19.0 Å². The average molecular weight is 260 g/mol. The second-order valence-electron chi connectivity index (χ2n) is 4.60. The third-order valence-corrected chi connectivity index (χ3v) is 3.69. The normalized spacial score (nSPS) is 11.1. The first-order valence-corrected chi connectivity index (χ1v) is 7.09. The summed E-state index contributed by atoms with van der Waals surface area (Å²) in [5, 5.41) is 5.32. The molecule has 0 unspecified atom stereocenters. The Hall–Kier alpha value is -1.16. The van der Waals surface area contributed by atoms with Crippen molar-refractivity contribution in [3.05, 3.63) is 57.8 Å². The molecular formula is C15H20N2S. The van der Waals surface area contributed by atoms with Gasteiger partial charge in [-0.2, -0.15) is 0 Å². The summed E-state index contributed by atoms with van der Waals surface area (Å²) in [7, 11) is 4.15. The summed E-state index contributed by atoms with van der Waals surface area (Å²) in [6.45, 7) is 2.95. The Balaban J connectivity index is 1.93. The molecule has 0 bridgehead atoms. The largest absolute Gasteiger partial charge is 0.316 e. The lowest BCUT2D eigenvalue weighted by Gasteiger charge is -2.16. The Morgan fingerprint density at radius 1 is 1.11 bits per heavy atom. The minimum atomic E-state index is 0.933. The molecule has 0 radical (unpaired) electrons. The first kappa shape index (κ1) is 13.3. The maximum absolute atomic E-state index is 3.19. The molecule has 2 aromatic rings. The van der Waals surface area contributed by atoms with Crippen LogP contribution in [0.5, 0.6) is 0 Å². The van der Waals surface area contributed by atoms with Gasteiger partial charge in [0.15, 0.2) is 0 Å². The molecule has 1 aromatic heterocycles. The number of rotatable bonds is 6. The number of benzene rings is 1. The van der Waals surface area contributed by atoms with E-state index in [0.29, 0.717) is 0 Å². The van der Waals surface area contributed by atoms with Crippen LogP contribution in [0.1, 0.15) is 16.0 Å². The van der Waals surface area contributed by atoms with Gasteiger partial charge in [-0.15, -0.1) is 11.3 Å². The number of nitrogens with one attached hydrogen (secondary N) is 1. The fraction of sp³-hybridized carbons (Fsp3) is 0.333. The molecule has 1 aromatic carbocycles. The van der Waals surface area contributed by atoms with Crippen molar-refractivity contribution >= 4 is 11.3 Å². The molecule has 96 valence electrons. The monoisotopic (exact) mass is 260 g/mol. The molecule has 2 nitrogen and oxygen atoms in total. The molecule has 0 atom stereocenters. The molecule has 1 N–H and O–H groups in total. The van der Waals surface area contributed by atoms with Crippen molar-refractivity contribution in [2.45, 2.75) is 19.6 Å². The lowest BCUT2D eigenvalue weighted by molar-refractivity contribution is 0.322. The summed E-state index contributed by atoms with van der Waals surface area (Å²) in [5.41, 5.74) is 2.72. The maximum Gasteiger partial charge on any atom is 0.0328 e. The van der Waals surface area contributed by atoms with Crippen molar-refractivity contribution in [2.75, 3.05) is 14.1 Å². The Labute approximate surface area is 113 Å². The summed E-state index contributed by atoms with van der Waals surface area (Å²) in [6, 6.07) is 13.1. The van der Waals surface area contributed by atoms with E-state index >= 15 is 0 Å². The molecule has 0 fully saturated rings. The molecule has 18 heavy (non-hydrogen) atoms. The predicted octanol–water partition coefficient (Wildman–Crippen LogP) is 3.10. The number of nitrogens with zero attached hydrogens (tertiary/aromatic N) is 1. The third kappa shape index (κ3) is 3.95. The molecule has 1 heterocycles. The number of hydrogen-bond acceptors (Lipinski definition) is 3. The van der Waals surface area contributed by atoms with Gasteiger partial charge in [0.2, 0.25) is 0 Å². The van der Waals surface area contributed by atoms with Crippen molar-refractivity contribution in [3.63, 3.8) is 0 Å². The summed E-state index contributed by atoms with van der Waals surface area (Å²) >= 11 is 1.82. The quantitative estimate of drug-likeness (QED) is 0.858. The molecule has 0 spiro atoms. The van der Waals surface area contributed by atoms with Gasteiger partial charge in [0.1, 0.15) is 0 Å². The lowest BCUT2D eigenvalue weighted by atomic mass is 10.1. The van der Waals surface area contributed by atoms with E-state index in [2.05, 4.69) is 59.0 Å². The van der Waals surface area contributed by atoms with Crippen molar-refractivity contribution in [3.8, 4) is 0 Å². The second kappa shape index (κ2) is 6.69. The molecule has 2 rings (SSSR count). The number of hydrogen-bond donors (Lipinski definition) is 1. The van der Waals surface area contributed by atoms with E-state index in [4.69, 9.17) is 0 Å². The van der Waals surface area contributed by atoms with Gasteiger partial charge >= 0.3 is 0 Å². The highest BCUT2D eigenvalue weighted by Gasteiger charge is 2.03. The van der Waals surface area contributed by atoms with Crippen LogP contribution in [0.25, 0.3) is 0 Å². The second-order valence-corrected chi connectivity index (χ2v) is 5.63. The molecular weight excluding hydrogens is 240 g/mol. The van der Waals surface area contributed by atoms with Crippen molar-refractivity contribution in [2.24, 2.45) is 0 Å². The van der Waals surface area contributed by atoms with E-state index in [9.17, 15) is 0 Å². The van der Waals surface area contributed by atoms with Gasteiger partial charge < -0.3 is 5.32 Å². The van der Waals surface area contributed by atoms with Gasteiger partial charge in [-0.05, 0) is 36.7 Å². The predicted molar refractivity (Wildman–Crippen MR) is 78.7 cm³/mol. The van der Waals surface area contributed by atoms with Gasteiger partial charge in [0, 0.05) is 24.5 Å². The summed E-state index contributed by atoms with van der Waals surface area (Å²) < 4.78 is 0. The van der Waals surface area contributed by atoms with Crippen molar-refractivity contribution in [1.29, 1.82) is 0 Å². The molecule has 0 aliphatic rings. The van der Waals surface area contributed by atoms with Crippen LogP contribution < -0.4 is 5.32 Å². The van der Waals surface area contributed by atoms with Gasteiger partial charge in [0.25, 0.3) is 0 Å². The Bertz CT molecular complexity index is 465. The van der Waals surface area contributed by atoms with Crippen LogP contribution in [0.3, 0.4) is 0 Å². The Morgan fingerprint density at radius 3 is 2.67 bits per heavy atom. The average Bonchev–Trinajstić information content (AvgIpc) is 2.82. The highest BCUT2D eigenvalue weighted by Crippen LogP contribution is 2.13. The Morgan fingerprint density at radius 2 is 1.94 bits per heavy atom. The zero-order valence-corrected chi connectivity index (χ0v) is 11.8. The SMILES string of the molecule is CNCc1cccc(CN(C)Cc2cccs2)c1. The van der Waals surface area contributed by atoms with E-state index in [0.717, 1.165) is 19.6 Å². The van der Waals surface area contributed by atoms with Crippen LogP contribution in [0.4, 0.5) is 0 Å². The van der Waals surface area contributed by atoms with Gasteiger partial charge in [0.05, 0.1) is 0 Å². The zero-order chi connectivity index (χ0) is 12.8. The first-order valence-electron chi connectivity index (χ1n) is 6.21. The summed E-state index contributed by atoms with van der Waals surface area (Å²) in [4.78, 5) is 3.77. The number of thiophene rings is 1. The minimum absolute atomic E-state index is 0.933. The van der Waals surface area contributed by atoms with Crippen molar-refractivity contribution < 1.29 is 0 Å². The fourth-order valence-corrected chi connectivity index (χ4v) is 2.86. The first-order chi connectivity index (χ1) is 8.78. The standard InChI is InChI=1S/C15H20N2S/c1-16-10-13-5-3-6-14(9-13)11-17(2)12-15-7-4-8-18-15/h3-9,16H,10-12H2,1-2H3. The summed E-state index contributed by atoms with van der Waals surface area (Å²) in [6.07, 6.45) is 0. The lowest BCUT2D eigenvalue weighted by Crippen LogP contribution is -2.16. The van der Waals surface area contributed by atoms with Crippen LogP contribution >= 0.6 is 11.3 Å². The highest BCUT2D eigenvalue weighted by molar-refractivity contribution is 7.09. The summed E-state index contributed by atoms with van der Waals surface area (Å²) in [5.74, 6) is 0. The smallest absolute Gasteiger partial charge is 0.0328 e. The van der Waals surface area contributed by atoms with E-state index in [1.54, 1.807) is 0 Å². The van der Waals surface area contributed by atoms with E-state index in [1.165, 1.54) is 16.0 Å². The van der Waals surface area contributed by atoms with Crippen LogP contribution in [-0.2, 0) is 19.6 Å². The zero-order valence-electron chi connectivity index (χ0n) is 11.0. The fourth-order valence-electron chi connectivity index (χ4n) is 2.08. The van der Waals surface area contributed by atoms with Crippen molar-refractivity contribution in [1.82, 2.24) is 10.2 Å².